The molecule has 144 valence electrons. The fourth-order valence-electron chi connectivity index (χ4n) is 2.88. The lowest BCUT2D eigenvalue weighted by Crippen LogP contribution is -2.34. The summed E-state index contributed by atoms with van der Waals surface area (Å²) in [4.78, 5) is 2.16. The third-order valence-corrected chi connectivity index (χ3v) is 5.15. The van der Waals surface area contributed by atoms with Gasteiger partial charge in [-0.2, -0.15) is 0 Å². The van der Waals surface area contributed by atoms with E-state index >= 15 is 0 Å². The quantitative estimate of drug-likeness (QED) is 0.499. The number of anilines is 1. The fraction of sp³-hybridized carbons (Fsp3) is 0.174. The maximum atomic E-state index is 5.99. The van der Waals surface area contributed by atoms with Crippen molar-refractivity contribution < 1.29 is 4.74 Å². The van der Waals surface area contributed by atoms with Crippen molar-refractivity contribution in [3.8, 4) is 5.75 Å². The summed E-state index contributed by atoms with van der Waals surface area (Å²) in [5, 5.41) is 4.69. The predicted octanol–water partition coefficient (Wildman–Crippen LogP) is 6.06. The number of aryl methyl sites for hydroxylation is 1. The van der Waals surface area contributed by atoms with Crippen LogP contribution in [0.1, 0.15) is 16.7 Å². The van der Waals surface area contributed by atoms with Gasteiger partial charge in [-0.1, -0.05) is 48.0 Å². The summed E-state index contributed by atoms with van der Waals surface area (Å²) in [5.41, 5.74) is 4.57. The molecule has 0 unspecified atom stereocenters. The highest BCUT2D eigenvalue weighted by Gasteiger charge is 2.13. The number of nitrogens with zero attached hydrogens (tertiary/aromatic N) is 1. The molecule has 0 fully saturated rings. The van der Waals surface area contributed by atoms with E-state index in [1.54, 1.807) is 7.11 Å². The zero-order chi connectivity index (χ0) is 19.9. The van der Waals surface area contributed by atoms with E-state index < -0.39 is 0 Å². The van der Waals surface area contributed by atoms with Crippen molar-refractivity contribution in [3.05, 3.63) is 94.5 Å². The number of halogens is 1. The first kappa shape index (κ1) is 20.2. The van der Waals surface area contributed by atoms with Crippen LogP contribution in [0.15, 0.2) is 72.8 Å². The minimum Gasteiger partial charge on any atom is -0.497 e. The van der Waals surface area contributed by atoms with Crippen molar-refractivity contribution in [2.75, 3.05) is 12.4 Å². The summed E-state index contributed by atoms with van der Waals surface area (Å²) in [6, 6.07) is 24.0. The minimum atomic E-state index is 0.668. The van der Waals surface area contributed by atoms with Crippen molar-refractivity contribution >= 4 is 34.6 Å². The van der Waals surface area contributed by atoms with Gasteiger partial charge in [0.1, 0.15) is 5.75 Å². The molecule has 0 heterocycles. The molecule has 0 atom stereocenters. The molecular weight excluding hydrogens is 388 g/mol. The molecule has 1 N–H and O–H groups in total. The molecule has 3 nitrogen and oxygen atoms in total. The monoisotopic (exact) mass is 410 g/mol. The van der Waals surface area contributed by atoms with E-state index in [0.717, 1.165) is 23.5 Å². The Morgan fingerprint density at radius 1 is 0.964 bits per heavy atom. The molecule has 0 aliphatic rings. The van der Waals surface area contributed by atoms with Gasteiger partial charge in [0.2, 0.25) is 0 Å². The van der Waals surface area contributed by atoms with Gasteiger partial charge in [0.25, 0.3) is 0 Å². The van der Waals surface area contributed by atoms with Crippen LogP contribution in [0.25, 0.3) is 0 Å². The summed E-state index contributed by atoms with van der Waals surface area (Å²) in [6.45, 7) is 3.53. The Labute approximate surface area is 176 Å². The van der Waals surface area contributed by atoms with Crippen LogP contribution in [0.5, 0.6) is 5.75 Å². The van der Waals surface area contributed by atoms with Gasteiger partial charge in [-0.15, -0.1) is 0 Å². The van der Waals surface area contributed by atoms with E-state index in [2.05, 4.69) is 53.5 Å². The van der Waals surface area contributed by atoms with Gasteiger partial charge < -0.3 is 15.0 Å². The second-order valence-corrected chi connectivity index (χ2v) is 7.39. The fourth-order valence-corrected chi connectivity index (χ4v) is 3.25. The molecule has 0 bridgehead atoms. The highest BCUT2D eigenvalue weighted by molar-refractivity contribution is 7.80. The van der Waals surface area contributed by atoms with Crippen molar-refractivity contribution in [1.29, 1.82) is 0 Å². The van der Waals surface area contributed by atoms with Gasteiger partial charge in [0, 0.05) is 23.8 Å². The van der Waals surface area contributed by atoms with Gasteiger partial charge in [-0.3, -0.25) is 0 Å². The van der Waals surface area contributed by atoms with E-state index in [4.69, 9.17) is 28.6 Å². The normalized spacial score (nSPS) is 10.4. The van der Waals surface area contributed by atoms with Crippen LogP contribution in [0.2, 0.25) is 5.02 Å². The predicted molar refractivity (Wildman–Crippen MR) is 121 cm³/mol. The van der Waals surface area contributed by atoms with E-state index in [9.17, 15) is 0 Å². The topological polar surface area (TPSA) is 24.5 Å². The maximum Gasteiger partial charge on any atom is 0.174 e. The van der Waals surface area contributed by atoms with Crippen LogP contribution in [0.3, 0.4) is 0 Å². The number of rotatable bonds is 6. The molecule has 0 saturated carbocycles. The number of methoxy groups -OCH3 is 1. The molecule has 0 amide bonds. The molecule has 0 radical (unpaired) electrons. The van der Waals surface area contributed by atoms with Crippen LogP contribution >= 0.6 is 23.8 Å². The van der Waals surface area contributed by atoms with Crippen molar-refractivity contribution in [2.24, 2.45) is 0 Å². The average Bonchev–Trinajstić information content (AvgIpc) is 2.71. The molecule has 0 aromatic heterocycles. The first-order valence-electron chi connectivity index (χ1n) is 9.04. The number of benzene rings is 3. The number of ether oxygens (including phenoxy) is 1. The third kappa shape index (κ3) is 5.47. The second kappa shape index (κ2) is 9.58. The average molecular weight is 411 g/mol. The Kier molecular flexibility index (Phi) is 6.90. The zero-order valence-corrected chi connectivity index (χ0v) is 17.6. The van der Waals surface area contributed by atoms with Gasteiger partial charge in [-0.25, -0.2) is 0 Å². The lowest BCUT2D eigenvalue weighted by molar-refractivity contribution is 0.406. The summed E-state index contributed by atoms with van der Waals surface area (Å²) in [6.07, 6.45) is 0. The summed E-state index contributed by atoms with van der Waals surface area (Å²) >= 11 is 11.7. The minimum absolute atomic E-state index is 0.668. The number of thiocarbonyl (C=S) groups is 1. The standard InChI is InChI=1S/C23H23ClN2OS/c1-17-5-3-4-6-19(17)16-26(15-18-7-13-22(27-2)14-8-18)23(28)25-21-11-9-20(24)10-12-21/h3-14H,15-16H2,1-2H3,(H,25,28). The number of hydrogen-bond donors (Lipinski definition) is 1. The van der Waals surface area contributed by atoms with E-state index in [1.165, 1.54) is 11.1 Å². The highest BCUT2D eigenvalue weighted by atomic mass is 35.5. The molecule has 3 rings (SSSR count). The molecule has 0 aliphatic heterocycles. The first-order valence-corrected chi connectivity index (χ1v) is 9.82. The Bertz CT molecular complexity index is 926. The zero-order valence-electron chi connectivity index (χ0n) is 16.0. The van der Waals surface area contributed by atoms with Gasteiger partial charge in [0.05, 0.1) is 7.11 Å². The summed E-state index contributed by atoms with van der Waals surface area (Å²) in [7, 11) is 1.67. The van der Waals surface area contributed by atoms with Crippen molar-refractivity contribution in [1.82, 2.24) is 4.90 Å². The summed E-state index contributed by atoms with van der Waals surface area (Å²) < 4.78 is 5.26. The molecule has 0 saturated heterocycles. The van der Waals surface area contributed by atoms with E-state index in [-0.39, 0.29) is 0 Å². The SMILES string of the molecule is COc1ccc(CN(Cc2ccccc2C)C(=S)Nc2ccc(Cl)cc2)cc1. The Morgan fingerprint density at radius 3 is 2.29 bits per heavy atom. The number of nitrogens with one attached hydrogen (secondary N) is 1. The summed E-state index contributed by atoms with van der Waals surface area (Å²) in [5.74, 6) is 0.844. The largest absolute Gasteiger partial charge is 0.497 e. The Morgan fingerprint density at radius 2 is 1.64 bits per heavy atom. The molecule has 3 aromatic rings. The smallest absolute Gasteiger partial charge is 0.174 e. The highest BCUT2D eigenvalue weighted by Crippen LogP contribution is 2.19. The molecule has 0 aliphatic carbocycles. The molecule has 0 spiro atoms. The maximum absolute atomic E-state index is 5.99. The lowest BCUT2D eigenvalue weighted by Gasteiger charge is -2.27. The Hall–Kier alpha value is -2.56. The molecule has 28 heavy (non-hydrogen) atoms. The first-order chi connectivity index (χ1) is 13.5. The van der Waals surface area contributed by atoms with Crippen LogP contribution in [-0.2, 0) is 13.1 Å². The lowest BCUT2D eigenvalue weighted by atomic mass is 10.1. The third-order valence-electron chi connectivity index (χ3n) is 4.54. The van der Waals surface area contributed by atoms with Gasteiger partial charge in [-0.05, 0) is 72.2 Å². The molecular formula is C23H23ClN2OS. The Balaban J connectivity index is 1.80. The van der Waals surface area contributed by atoms with E-state index in [1.807, 2.05) is 36.4 Å². The van der Waals surface area contributed by atoms with Crippen molar-refractivity contribution in [3.63, 3.8) is 0 Å². The molecule has 3 aromatic carbocycles. The van der Waals surface area contributed by atoms with E-state index in [0.29, 0.717) is 16.7 Å². The molecule has 5 heteroatoms. The van der Waals surface area contributed by atoms with Crippen LogP contribution in [-0.4, -0.2) is 17.1 Å². The van der Waals surface area contributed by atoms with Crippen LogP contribution in [0, 0.1) is 6.92 Å². The van der Waals surface area contributed by atoms with Gasteiger partial charge >= 0.3 is 0 Å². The van der Waals surface area contributed by atoms with Crippen LogP contribution < -0.4 is 10.1 Å². The number of hydrogen-bond acceptors (Lipinski definition) is 2. The van der Waals surface area contributed by atoms with Crippen LogP contribution in [0.4, 0.5) is 5.69 Å². The van der Waals surface area contributed by atoms with Gasteiger partial charge in [0.15, 0.2) is 5.11 Å². The second-order valence-electron chi connectivity index (χ2n) is 6.57. The van der Waals surface area contributed by atoms with Crippen molar-refractivity contribution in [2.45, 2.75) is 20.0 Å².